The minimum atomic E-state index is -0.590. The van der Waals surface area contributed by atoms with E-state index in [1.54, 1.807) is 0 Å². The molecule has 0 spiro atoms. The number of anilines is 2. The van der Waals surface area contributed by atoms with Gasteiger partial charge >= 0.3 is 5.69 Å². The Kier molecular flexibility index (Phi) is 5.90. The molecular formula is C10H17N5O4. The van der Waals surface area contributed by atoms with Gasteiger partial charge in [0.25, 0.3) is 0 Å². The Morgan fingerprint density at radius 3 is 2.53 bits per heavy atom. The second-order valence-electron chi connectivity index (χ2n) is 3.62. The third kappa shape index (κ3) is 4.00. The summed E-state index contributed by atoms with van der Waals surface area (Å²) in [5.74, 6) is 0.350. The van der Waals surface area contributed by atoms with Crippen LogP contribution in [0.2, 0.25) is 0 Å². The van der Waals surface area contributed by atoms with E-state index >= 15 is 0 Å². The molecule has 0 fully saturated rings. The fourth-order valence-electron chi connectivity index (χ4n) is 1.54. The lowest BCUT2D eigenvalue weighted by molar-refractivity contribution is -0.384. The van der Waals surface area contributed by atoms with Crippen molar-refractivity contribution in [3.8, 4) is 0 Å². The van der Waals surface area contributed by atoms with Gasteiger partial charge in [-0.05, 0) is 6.92 Å². The topological polar surface area (TPSA) is 125 Å². The van der Waals surface area contributed by atoms with Crippen molar-refractivity contribution in [3.05, 3.63) is 16.3 Å². The predicted octanol–water partition coefficient (Wildman–Crippen LogP) is -0.392. The van der Waals surface area contributed by atoms with Gasteiger partial charge in [0.05, 0.1) is 18.1 Å². The van der Waals surface area contributed by atoms with Gasteiger partial charge in [-0.3, -0.25) is 10.1 Å². The molecule has 9 heteroatoms. The molecule has 0 atom stereocenters. The summed E-state index contributed by atoms with van der Waals surface area (Å²) in [6.07, 6.45) is 1.11. The highest BCUT2D eigenvalue weighted by atomic mass is 16.6. The molecule has 0 aromatic carbocycles. The Hall–Kier alpha value is -2.00. The van der Waals surface area contributed by atoms with E-state index in [4.69, 9.17) is 10.2 Å². The molecule has 1 rings (SSSR count). The van der Waals surface area contributed by atoms with E-state index < -0.39 is 4.92 Å². The zero-order valence-electron chi connectivity index (χ0n) is 10.6. The average molecular weight is 271 g/mol. The van der Waals surface area contributed by atoms with Crippen LogP contribution >= 0.6 is 0 Å². The summed E-state index contributed by atoms with van der Waals surface area (Å²) in [7, 11) is 0. The highest BCUT2D eigenvalue weighted by Gasteiger charge is 2.22. The largest absolute Gasteiger partial charge is 0.395 e. The summed E-state index contributed by atoms with van der Waals surface area (Å²) in [5.41, 5.74) is -0.261. The smallest absolute Gasteiger partial charge is 0.329 e. The van der Waals surface area contributed by atoms with Crippen LogP contribution in [0.4, 0.5) is 17.5 Å². The first kappa shape index (κ1) is 15.1. The highest BCUT2D eigenvalue weighted by Crippen LogP contribution is 2.25. The maximum absolute atomic E-state index is 11.0. The number of nitro groups is 1. The summed E-state index contributed by atoms with van der Waals surface area (Å²) in [5, 5.41) is 31.8. The maximum atomic E-state index is 11.0. The number of nitrogens with zero attached hydrogens (tertiary/aromatic N) is 4. The molecule has 0 amide bonds. The summed E-state index contributed by atoms with van der Waals surface area (Å²) < 4.78 is 0. The highest BCUT2D eigenvalue weighted by molar-refractivity contribution is 5.58. The molecule has 0 aliphatic rings. The molecule has 9 nitrogen and oxygen atoms in total. The third-order valence-corrected chi connectivity index (χ3v) is 2.32. The lowest BCUT2D eigenvalue weighted by Gasteiger charge is -2.21. The molecular weight excluding hydrogens is 254 g/mol. The van der Waals surface area contributed by atoms with Crippen LogP contribution in [0.3, 0.4) is 0 Å². The van der Waals surface area contributed by atoms with Crippen LogP contribution in [0.15, 0.2) is 6.20 Å². The lowest BCUT2D eigenvalue weighted by atomic mass is 10.4. The Balaban J connectivity index is 3.16. The predicted molar refractivity (Wildman–Crippen MR) is 69.2 cm³/mol. The van der Waals surface area contributed by atoms with Crippen molar-refractivity contribution in [1.29, 1.82) is 0 Å². The van der Waals surface area contributed by atoms with Gasteiger partial charge in [-0.2, -0.15) is 4.98 Å². The maximum Gasteiger partial charge on any atom is 0.329 e. The van der Waals surface area contributed by atoms with Gasteiger partial charge in [0.2, 0.25) is 11.8 Å². The second kappa shape index (κ2) is 7.44. The lowest BCUT2D eigenvalue weighted by Crippen LogP contribution is -2.31. The average Bonchev–Trinajstić information content (AvgIpc) is 2.38. The van der Waals surface area contributed by atoms with E-state index in [9.17, 15) is 10.1 Å². The Bertz CT molecular complexity index is 422. The van der Waals surface area contributed by atoms with Crippen molar-refractivity contribution in [2.75, 3.05) is 43.1 Å². The van der Waals surface area contributed by atoms with Gasteiger partial charge in [-0.1, -0.05) is 0 Å². The zero-order chi connectivity index (χ0) is 14.3. The van der Waals surface area contributed by atoms with Crippen LogP contribution in [-0.4, -0.2) is 58.0 Å². The van der Waals surface area contributed by atoms with Crippen molar-refractivity contribution < 1.29 is 15.1 Å². The number of nitrogens with one attached hydrogen (secondary N) is 1. The third-order valence-electron chi connectivity index (χ3n) is 2.32. The Labute approximate surface area is 110 Å². The molecule has 0 aliphatic heterocycles. The molecule has 1 aromatic heterocycles. The van der Waals surface area contributed by atoms with E-state index in [-0.39, 0.29) is 43.8 Å². The van der Waals surface area contributed by atoms with Crippen LogP contribution < -0.4 is 10.2 Å². The van der Waals surface area contributed by atoms with E-state index in [1.165, 1.54) is 4.90 Å². The molecule has 0 radical (unpaired) electrons. The van der Waals surface area contributed by atoms with Gasteiger partial charge in [0.15, 0.2) is 0 Å². The number of hydrogen-bond acceptors (Lipinski definition) is 8. The first-order valence-corrected chi connectivity index (χ1v) is 5.86. The monoisotopic (exact) mass is 271 g/mol. The molecule has 19 heavy (non-hydrogen) atoms. The van der Waals surface area contributed by atoms with Crippen molar-refractivity contribution in [1.82, 2.24) is 9.97 Å². The summed E-state index contributed by atoms with van der Waals surface area (Å²) in [6, 6.07) is 0. The SMILES string of the molecule is CCNc1ncc([N+](=O)[O-])c(N(CCO)CCO)n1. The van der Waals surface area contributed by atoms with Crippen LogP contribution in [0, 0.1) is 10.1 Å². The van der Waals surface area contributed by atoms with Gasteiger partial charge < -0.3 is 20.4 Å². The first-order valence-electron chi connectivity index (χ1n) is 5.86. The fourth-order valence-corrected chi connectivity index (χ4v) is 1.54. The Morgan fingerprint density at radius 2 is 2.05 bits per heavy atom. The molecule has 0 bridgehead atoms. The molecule has 0 saturated heterocycles. The minimum absolute atomic E-state index is 0.0825. The standard InChI is InChI=1S/C10H17N5O4/c1-2-11-10-12-7-8(15(18)19)9(13-10)14(3-5-16)4-6-17/h7,16-17H,2-6H2,1H3,(H,11,12,13). The molecule has 1 aromatic rings. The number of aliphatic hydroxyl groups excluding tert-OH is 2. The van der Waals surface area contributed by atoms with Crippen LogP contribution in [0.25, 0.3) is 0 Å². The molecule has 106 valence electrons. The van der Waals surface area contributed by atoms with Crippen molar-refractivity contribution >= 4 is 17.5 Å². The number of rotatable bonds is 8. The van der Waals surface area contributed by atoms with Crippen molar-refractivity contribution in [3.63, 3.8) is 0 Å². The summed E-state index contributed by atoms with van der Waals surface area (Å²) >= 11 is 0. The van der Waals surface area contributed by atoms with Gasteiger partial charge in [0, 0.05) is 19.6 Å². The molecule has 0 aliphatic carbocycles. The van der Waals surface area contributed by atoms with E-state index in [2.05, 4.69) is 15.3 Å². The van der Waals surface area contributed by atoms with Gasteiger partial charge in [0.1, 0.15) is 6.20 Å². The quantitative estimate of drug-likeness (QED) is 0.431. The number of hydrogen-bond donors (Lipinski definition) is 3. The van der Waals surface area contributed by atoms with Crippen molar-refractivity contribution in [2.24, 2.45) is 0 Å². The van der Waals surface area contributed by atoms with E-state index in [0.717, 1.165) is 6.20 Å². The molecule has 3 N–H and O–H groups in total. The second-order valence-corrected chi connectivity index (χ2v) is 3.62. The zero-order valence-corrected chi connectivity index (χ0v) is 10.6. The van der Waals surface area contributed by atoms with Gasteiger partial charge in [-0.15, -0.1) is 0 Å². The van der Waals surface area contributed by atoms with Crippen LogP contribution in [0.5, 0.6) is 0 Å². The normalized spacial score (nSPS) is 10.3. The van der Waals surface area contributed by atoms with Crippen LogP contribution in [-0.2, 0) is 0 Å². The number of aliphatic hydroxyl groups is 2. The van der Waals surface area contributed by atoms with E-state index in [1.807, 2.05) is 6.92 Å². The first-order chi connectivity index (χ1) is 9.13. The molecule has 1 heterocycles. The summed E-state index contributed by atoms with van der Waals surface area (Å²) in [6.45, 7) is 2.32. The van der Waals surface area contributed by atoms with Gasteiger partial charge in [-0.25, -0.2) is 4.98 Å². The van der Waals surface area contributed by atoms with E-state index in [0.29, 0.717) is 6.54 Å². The molecule has 0 unspecified atom stereocenters. The van der Waals surface area contributed by atoms with Crippen molar-refractivity contribution in [2.45, 2.75) is 6.92 Å². The minimum Gasteiger partial charge on any atom is -0.395 e. The number of aromatic nitrogens is 2. The Morgan fingerprint density at radius 1 is 1.42 bits per heavy atom. The summed E-state index contributed by atoms with van der Waals surface area (Å²) in [4.78, 5) is 19.7. The van der Waals surface area contributed by atoms with Crippen LogP contribution in [0.1, 0.15) is 6.92 Å². The fraction of sp³-hybridized carbons (Fsp3) is 0.600. The molecule has 0 saturated carbocycles.